The standard InChI is InChI=1S/C34H34Cl2N8O6/c1-31(2,3)50-30(49)42-41-27(47)34(11-12-34)40-26(46)33(9-10-33)39-25(45)24-18-38-29-43(23-14-21(35)13-22(36)15-23)28(48)32(4,44(24)29)16-19-5-7-20(17-37)8-6-19/h5-8,13-15,18H,9-12,16H2,1-4H3,(H,39,45)(H,40,46)(H,41,47)(H,42,49)/t32-/m1/s1. The first-order chi connectivity index (χ1) is 23.5. The number of nitrogens with one attached hydrogen (secondary N) is 4. The van der Waals surface area contributed by atoms with E-state index in [9.17, 15) is 29.2 Å². The maximum absolute atomic E-state index is 14.3. The lowest BCUT2D eigenvalue weighted by atomic mass is 9.91. The molecule has 0 unspecified atom stereocenters. The smallest absolute Gasteiger partial charge is 0.426 e. The molecule has 4 N–H and O–H groups in total. The minimum absolute atomic E-state index is 0.0274. The molecule has 50 heavy (non-hydrogen) atoms. The predicted molar refractivity (Wildman–Crippen MR) is 181 cm³/mol. The second-order valence-corrected chi connectivity index (χ2v) is 14.8. The van der Waals surface area contributed by atoms with Crippen molar-refractivity contribution in [2.45, 2.75) is 82.0 Å². The number of carbonyl (C=O) groups excluding carboxylic acids is 5. The maximum atomic E-state index is 14.3. The number of halogens is 2. The number of benzene rings is 2. The van der Waals surface area contributed by atoms with Gasteiger partial charge in [0.1, 0.15) is 27.9 Å². The number of hydrogen-bond acceptors (Lipinski definition) is 8. The van der Waals surface area contributed by atoms with Crippen molar-refractivity contribution in [3.8, 4) is 6.07 Å². The van der Waals surface area contributed by atoms with Crippen molar-refractivity contribution in [3.63, 3.8) is 0 Å². The Bertz CT molecular complexity index is 1950. The van der Waals surface area contributed by atoms with E-state index in [4.69, 9.17) is 27.9 Å². The van der Waals surface area contributed by atoms with E-state index in [2.05, 4.69) is 32.5 Å². The topological polar surface area (TPSA) is 188 Å². The van der Waals surface area contributed by atoms with Crippen LogP contribution in [0.3, 0.4) is 0 Å². The molecular formula is C34H34Cl2N8O6. The molecule has 2 aliphatic carbocycles. The molecule has 3 aliphatic rings. The molecule has 0 spiro atoms. The van der Waals surface area contributed by atoms with Crippen molar-refractivity contribution < 1.29 is 28.7 Å². The molecule has 14 nitrogen and oxygen atoms in total. The number of anilines is 2. The van der Waals surface area contributed by atoms with Gasteiger partial charge in [-0.25, -0.2) is 20.1 Å². The zero-order chi connectivity index (χ0) is 36.2. The fraction of sp³-hybridized carbons (Fsp3) is 0.382. The molecule has 260 valence electrons. The van der Waals surface area contributed by atoms with Crippen LogP contribution in [0.5, 0.6) is 0 Å². The fourth-order valence-corrected chi connectivity index (χ4v) is 6.46. The zero-order valence-electron chi connectivity index (χ0n) is 27.6. The van der Waals surface area contributed by atoms with Crippen LogP contribution in [0, 0.1) is 11.3 Å². The van der Waals surface area contributed by atoms with Gasteiger partial charge >= 0.3 is 6.09 Å². The Hall–Kier alpha value is -5.13. The van der Waals surface area contributed by atoms with E-state index in [0.29, 0.717) is 47.0 Å². The molecule has 1 aliphatic heterocycles. The number of hydrogen-bond donors (Lipinski definition) is 4. The minimum atomic E-state index is -1.38. The van der Waals surface area contributed by atoms with Gasteiger partial charge in [0, 0.05) is 16.5 Å². The first kappa shape index (κ1) is 34.7. The Labute approximate surface area is 297 Å². The van der Waals surface area contributed by atoms with Gasteiger partial charge in [-0.05, 0) is 89.3 Å². The summed E-state index contributed by atoms with van der Waals surface area (Å²) in [5.74, 6) is -2.08. The molecular weight excluding hydrogens is 687 g/mol. The highest BCUT2D eigenvalue weighted by Gasteiger charge is 2.59. The van der Waals surface area contributed by atoms with Gasteiger partial charge in [0.15, 0.2) is 0 Å². The molecule has 1 aromatic heterocycles. The highest BCUT2D eigenvalue weighted by Crippen LogP contribution is 2.45. The Kier molecular flexibility index (Phi) is 8.56. The molecule has 2 fully saturated rings. The van der Waals surface area contributed by atoms with Crippen LogP contribution in [-0.2, 0) is 31.1 Å². The van der Waals surface area contributed by atoms with E-state index in [0.717, 1.165) is 5.56 Å². The summed E-state index contributed by atoms with van der Waals surface area (Å²) in [6.45, 7) is 6.72. The molecule has 5 amide bonds. The van der Waals surface area contributed by atoms with Gasteiger partial charge in [-0.15, -0.1) is 0 Å². The van der Waals surface area contributed by atoms with Gasteiger partial charge in [0.25, 0.3) is 17.7 Å². The monoisotopic (exact) mass is 720 g/mol. The Morgan fingerprint density at radius 2 is 1.54 bits per heavy atom. The third-order valence-corrected chi connectivity index (χ3v) is 9.26. The number of nitriles is 1. The number of carbonyl (C=O) groups is 5. The van der Waals surface area contributed by atoms with Crippen LogP contribution in [-0.4, -0.2) is 56.0 Å². The van der Waals surface area contributed by atoms with Crippen molar-refractivity contribution in [3.05, 3.63) is 75.5 Å². The summed E-state index contributed by atoms with van der Waals surface area (Å²) in [7, 11) is 0. The van der Waals surface area contributed by atoms with Crippen LogP contribution in [0.1, 0.15) is 75.0 Å². The molecule has 0 radical (unpaired) electrons. The van der Waals surface area contributed by atoms with Crippen LogP contribution in [0.2, 0.25) is 10.0 Å². The second kappa shape index (κ2) is 12.3. The lowest BCUT2D eigenvalue weighted by Crippen LogP contribution is -2.59. The van der Waals surface area contributed by atoms with Crippen molar-refractivity contribution >= 4 is 64.6 Å². The molecule has 2 saturated carbocycles. The number of ether oxygens (including phenoxy) is 1. The third kappa shape index (κ3) is 6.58. The summed E-state index contributed by atoms with van der Waals surface area (Å²) >= 11 is 12.6. The number of fused-ring (bicyclic) bond motifs is 1. The highest BCUT2D eigenvalue weighted by molar-refractivity contribution is 6.35. The van der Waals surface area contributed by atoms with Gasteiger partial charge < -0.3 is 15.4 Å². The quantitative estimate of drug-likeness (QED) is 0.250. The predicted octanol–water partition coefficient (Wildman–Crippen LogP) is 4.16. The zero-order valence-corrected chi connectivity index (χ0v) is 29.2. The molecule has 0 saturated heterocycles. The molecule has 6 rings (SSSR count). The average molecular weight is 722 g/mol. The van der Waals surface area contributed by atoms with E-state index in [-0.39, 0.29) is 18.1 Å². The van der Waals surface area contributed by atoms with E-state index < -0.39 is 51.9 Å². The van der Waals surface area contributed by atoms with Crippen molar-refractivity contribution in [1.29, 1.82) is 5.26 Å². The summed E-state index contributed by atoms with van der Waals surface area (Å²) in [4.78, 5) is 72.7. The van der Waals surface area contributed by atoms with Crippen LogP contribution in [0.15, 0.2) is 48.7 Å². The van der Waals surface area contributed by atoms with E-state index in [1.165, 1.54) is 21.7 Å². The maximum Gasteiger partial charge on any atom is 0.426 e. The minimum Gasteiger partial charge on any atom is -0.443 e. The number of aromatic nitrogens is 2. The molecule has 1 atom stereocenters. The van der Waals surface area contributed by atoms with Gasteiger partial charge in [-0.2, -0.15) is 5.26 Å². The van der Waals surface area contributed by atoms with Gasteiger partial charge in [-0.3, -0.25) is 29.2 Å². The first-order valence-corrected chi connectivity index (χ1v) is 16.6. The number of rotatable bonds is 8. The van der Waals surface area contributed by atoms with Crippen LogP contribution < -0.4 is 26.4 Å². The number of amides is 5. The molecule has 2 aromatic carbocycles. The van der Waals surface area contributed by atoms with E-state index in [1.807, 2.05) is 0 Å². The highest BCUT2D eigenvalue weighted by atomic mass is 35.5. The Morgan fingerprint density at radius 1 is 0.940 bits per heavy atom. The Morgan fingerprint density at radius 3 is 2.10 bits per heavy atom. The third-order valence-electron chi connectivity index (χ3n) is 8.82. The number of nitrogens with zero attached hydrogens (tertiary/aromatic N) is 4. The second-order valence-electron chi connectivity index (χ2n) is 14.0. The van der Waals surface area contributed by atoms with E-state index in [1.54, 1.807) is 64.1 Å². The van der Waals surface area contributed by atoms with Crippen LogP contribution in [0.25, 0.3) is 0 Å². The summed E-state index contributed by atoms with van der Waals surface area (Å²) < 4.78 is 6.66. The van der Waals surface area contributed by atoms with Gasteiger partial charge in [0.05, 0.1) is 23.5 Å². The fourth-order valence-electron chi connectivity index (χ4n) is 5.94. The lowest BCUT2D eigenvalue weighted by molar-refractivity contribution is -0.132. The summed E-state index contributed by atoms with van der Waals surface area (Å²) in [6, 6.07) is 13.5. The van der Waals surface area contributed by atoms with Crippen LogP contribution >= 0.6 is 23.2 Å². The average Bonchev–Trinajstić information content (AvgIpc) is 3.94. The number of imidazole rings is 1. The summed E-state index contributed by atoms with van der Waals surface area (Å²) in [5, 5.41) is 15.4. The summed E-state index contributed by atoms with van der Waals surface area (Å²) in [6.07, 6.45) is 1.90. The van der Waals surface area contributed by atoms with Crippen LogP contribution in [0.4, 0.5) is 16.4 Å². The van der Waals surface area contributed by atoms with Crippen molar-refractivity contribution in [1.82, 2.24) is 31.0 Å². The molecule has 2 heterocycles. The molecule has 16 heteroatoms. The SMILES string of the molecule is CC(C)(C)OC(=O)NNC(=O)C1(NC(=O)C2(NC(=O)c3cnc4n3[C@](C)(Cc3ccc(C#N)cc3)C(=O)N4c3cc(Cl)cc(Cl)c3)CC2)CC1. The first-order valence-electron chi connectivity index (χ1n) is 15.8. The van der Waals surface area contributed by atoms with Gasteiger partial charge in [0.2, 0.25) is 11.9 Å². The van der Waals surface area contributed by atoms with Gasteiger partial charge in [-0.1, -0.05) is 35.3 Å². The normalized spacial score (nSPS) is 19.5. The van der Waals surface area contributed by atoms with E-state index >= 15 is 0 Å². The molecule has 0 bridgehead atoms. The molecule has 3 aromatic rings. The summed E-state index contributed by atoms with van der Waals surface area (Å²) in [5.41, 5.74) is 1.33. The number of hydrazine groups is 1. The largest absolute Gasteiger partial charge is 0.443 e. The van der Waals surface area contributed by atoms with Crippen molar-refractivity contribution in [2.75, 3.05) is 4.90 Å². The lowest BCUT2D eigenvalue weighted by Gasteiger charge is -2.27. The Balaban J connectivity index is 1.24. The van der Waals surface area contributed by atoms with Crippen molar-refractivity contribution in [2.24, 2.45) is 0 Å².